The average Bonchev–Trinajstić information content (AvgIpc) is 3.37. The van der Waals surface area contributed by atoms with E-state index in [1.54, 1.807) is 6.07 Å². The summed E-state index contributed by atoms with van der Waals surface area (Å²) in [6.45, 7) is 2.26. The molecule has 3 aromatic rings. The van der Waals surface area contributed by atoms with E-state index in [2.05, 4.69) is 25.2 Å². The van der Waals surface area contributed by atoms with Crippen molar-refractivity contribution in [2.45, 2.75) is 12.4 Å². The van der Waals surface area contributed by atoms with Crippen LogP contribution >= 0.6 is 12.4 Å². The molecule has 2 aromatic carbocycles. The maximum atomic E-state index is 13.2. The zero-order valence-electron chi connectivity index (χ0n) is 16.6. The van der Waals surface area contributed by atoms with Crippen LogP contribution in [0.25, 0.3) is 5.69 Å². The number of hydrogen-bond donors (Lipinski definition) is 2. The van der Waals surface area contributed by atoms with E-state index in [0.29, 0.717) is 23.5 Å². The Morgan fingerprint density at radius 3 is 2.69 bits per heavy atom. The van der Waals surface area contributed by atoms with E-state index in [-0.39, 0.29) is 35.9 Å². The van der Waals surface area contributed by atoms with Gasteiger partial charge in [0.2, 0.25) is 0 Å². The van der Waals surface area contributed by atoms with Gasteiger partial charge in [0, 0.05) is 31.0 Å². The number of carbonyl (C=O) groups excluding carboxylic acids is 1. The van der Waals surface area contributed by atoms with E-state index < -0.39 is 6.29 Å². The molecule has 1 saturated heterocycles. The van der Waals surface area contributed by atoms with E-state index >= 15 is 0 Å². The molecule has 3 heterocycles. The molecule has 1 atom stereocenters. The number of morpholine rings is 1. The molecule has 1 unspecified atom stereocenters. The van der Waals surface area contributed by atoms with Crippen molar-refractivity contribution < 1.29 is 27.8 Å². The fraction of sp³-hybridized carbons (Fsp3) is 0.238. The van der Waals surface area contributed by atoms with Crippen LogP contribution in [0.2, 0.25) is 0 Å². The van der Waals surface area contributed by atoms with Gasteiger partial charge in [-0.25, -0.2) is 4.68 Å². The second-order valence-corrected chi connectivity index (χ2v) is 7.11. The molecule has 0 bridgehead atoms. The van der Waals surface area contributed by atoms with Crippen molar-refractivity contribution in [2.24, 2.45) is 0 Å². The van der Waals surface area contributed by atoms with E-state index in [1.807, 2.05) is 24.3 Å². The largest absolute Gasteiger partial charge is 0.586 e. The van der Waals surface area contributed by atoms with Crippen LogP contribution in [0.4, 0.5) is 14.5 Å². The highest BCUT2D eigenvalue weighted by Gasteiger charge is 2.43. The maximum Gasteiger partial charge on any atom is 0.586 e. The summed E-state index contributed by atoms with van der Waals surface area (Å²) in [5, 5.41) is 10.2. The van der Waals surface area contributed by atoms with Crippen molar-refractivity contribution >= 4 is 24.0 Å². The van der Waals surface area contributed by atoms with Gasteiger partial charge in [-0.3, -0.25) is 4.79 Å². The Morgan fingerprint density at radius 1 is 1.16 bits per heavy atom. The highest BCUT2D eigenvalue weighted by atomic mass is 35.5. The molecule has 0 saturated carbocycles. The van der Waals surface area contributed by atoms with E-state index in [9.17, 15) is 13.6 Å². The predicted molar refractivity (Wildman–Crippen MR) is 113 cm³/mol. The van der Waals surface area contributed by atoms with Crippen molar-refractivity contribution in [3.05, 3.63) is 66.0 Å². The quantitative estimate of drug-likeness (QED) is 0.614. The average molecular weight is 465 g/mol. The summed E-state index contributed by atoms with van der Waals surface area (Å²) in [6, 6.07) is 11.7. The molecule has 2 aliphatic rings. The molecule has 2 N–H and O–H groups in total. The molecule has 0 aliphatic carbocycles. The van der Waals surface area contributed by atoms with Gasteiger partial charge in [0.25, 0.3) is 5.91 Å². The maximum absolute atomic E-state index is 13.2. The number of nitrogens with zero attached hydrogens (tertiary/aromatic N) is 2. The van der Waals surface area contributed by atoms with Gasteiger partial charge in [-0.1, -0.05) is 12.1 Å². The van der Waals surface area contributed by atoms with Crippen LogP contribution in [0.15, 0.2) is 54.9 Å². The molecular weight excluding hydrogens is 446 g/mol. The second-order valence-electron chi connectivity index (χ2n) is 7.11. The number of ether oxygens (including phenoxy) is 3. The minimum Gasteiger partial charge on any atom is -0.395 e. The highest BCUT2D eigenvalue weighted by molar-refractivity contribution is 6.04. The van der Waals surface area contributed by atoms with E-state index in [1.165, 1.54) is 29.2 Å². The van der Waals surface area contributed by atoms with Crippen molar-refractivity contribution in [1.29, 1.82) is 0 Å². The topological polar surface area (TPSA) is 86.6 Å². The third kappa shape index (κ3) is 4.52. The molecule has 32 heavy (non-hydrogen) atoms. The Hall–Kier alpha value is -3.21. The van der Waals surface area contributed by atoms with Crippen LogP contribution in [-0.2, 0) is 4.74 Å². The molecule has 8 nitrogen and oxygen atoms in total. The lowest BCUT2D eigenvalue weighted by atomic mass is 10.1. The Balaban J connectivity index is 0.00000245. The first-order valence-corrected chi connectivity index (χ1v) is 9.65. The number of benzene rings is 2. The minimum absolute atomic E-state index is 0. The summed E-state index contributed by atoms with van der Waals surface area (Å²) in [5.74, 6) is -0.500. The number of aromatic nitrogens is 2. The Kier molecular flexibility index (Phi) is 6.00. The van der Waals surface area contributed by atoms with Crippen LogP contribution < -0.4 is 20.1 Å². The first kappa shape index (κ1) is 22.0. The summed E-state index contributed by atoms with van der Waals surface area (Å²) in [5.41, 5.74) is 2.43. The van der Waals surface area contributed by atoms with Crippen LogP contribution in [0.5, 0.6) is 11.5 Å². The van der Waals surface area contributed by atoms with Gasteiger partial charge >= 0.3 is 6.29 Å². The Bertz CT molecular complexity index is 1120. The summed E-state index contributed by atoms with van der Waals surface area (Å²) >= 11 is 0. The molecule has 11 heteroatoms. The predicted octanol–water partition coefficient (Wildman–Crippen LogP) is 3.53. The molecule has 1 amide bonds. The molecular formula is C21H19ClF2N4O4. The molecule has 0 radical (unpaired) electrons. The van der Waals surface area contributed by atoms with Gasteiger partial charge in [0.15, 0.2) is 11.5 Å². The Morgan fingerprint density at radius 2 is 1.94 bits per heavy atom. The highest BCUT2D eigenvalue weighted by Crippen LogP contribution is 2.41. The number of rotatable bonds is 4. The lowest BCUT2D eigenvalue weighted by Crippen LogP contribution is -2.33. The van der Waals surface area contributed by atoms with Gasteiger partial charge in [0.1, 0.15) is 0 Å². The number of hydrogen-bond acceptors (Lipinski definition) is 6. The monoisotopic (exact) mass is 464 g/mol. The normalized spacial score (nSPS) is 18.6. The van der Waals surface area contributed by atoms with Crippen LogP contribution in [0.1, 0.15) is 22.0 Å². The number of halogens is 3. The molecule has 5 rings (SSSR count). The summed E-state index contributed by atoms with van der Waals surface area (Å²) in [6.07, 6.45) is -0.797. The standard InChI is InChI=1S/C21H18F2N4O4.ClH/c22-21(23)30-17-6-5-16(9-18(17)31-21)27-12-14(10-25-27)20(28)26-15-3-1-13(2-4-15)19-11-24-7-8-29-19;/h1-6,9-10,12,19,24H,7-8,11H2,(H,26,28);1H. The van der Waals surface area contributed by atoms with Gasteiger partial charge in [-0.2, -0.15) is 5.10 Å². The van der Waals surface area contributed by atoms with Crippen LogP contribution in [-0.4, -0.2) is 41.7 Å². The van der Waals surface area contributed by atoms with E-state index in [0.717, 1.165) is 18.7 Å². The third-order valence-electron chi connectivity index (χ3n) is 4.96. The summed E-state index contributed by atoms with van der Waals surface area (Å²) in [4.78, 5) is 12.6. The second kappa shape index (κ2) is 8.73. The SMILES string of the molecule is Cl.O=C(Nc1ccc(C2CNCCO2)cc1)c1cnn(-c2ccc3c(c2)OC(F)(F)O3)c1. The molecule has 2 aliphatic heterocycles. The van der Waals surface area contributed by atoms with Gasteiger partial charge in [0.05, 0.1) is 30.2 Å². The molecule has 1 aromatic heterocycles. The summed E-state index contributed by atoms with van der Waals surface area (Å²) in [7, 11) is 0. The zero-order chi connectivity index (χ0) is 21.4. The van der Waals surface area contributed by atoms with Gasteiger partial charge < -0.3 is 24.8 Å². The van der Waals surface area contributed by atoms with Crippen molar-refractivity contribution in [1.82, 2.24) is 15.1 Å². The van der Waals surface area contributed by atoms with Gasteiger partial charge in [-0.15, -0.1) is 21.2 Å². The third-order valence-corrected chi connectivity index (χ3v) is 4.96. The Labute approximate surface area is 187 Å². The van der Waals surface area contributed by atoms with Gasteiger partial charge in [-0.05, 0) is 29.8 Å². The zero-order valence-corrected chi connectivity index (χ0v) is 17.4. The fourth-order valence-electron chi connectivity index (χ4n) is 3.43. The summed E-state index contributed by atoms with van der Waals surface area (Å²) < 4.78 is 42.3. The molecule has 1 fully saturated rings. The van der Waals surface area contributed by atoms with Crippen LogP contribution in [0.3, 0.4) is 0 Å². The number of alkyl halides is 2. The van der Waals surface area contributed by atoms with Crippen molar-refractivity contribution in [3.63, 3.8) is 0 Å². The van der Waals surface area contributed by atoms with E-state index in [4.69, 9.17) is 4.74 Å². The minimum atomic E-state index is -3.69. The molecule has 0 spiro atoms. The number of nitrogens with one attached hydrogen (secondary N) is 2. The molecule has 168 valence electrons. The lowest BCUT2D eigenvalue weighted by Gasteiger charge is -2.24. The number of anilines is 1. The number of carbonyl (C=O) groups is 1. The lowest BCUT2D eigenvalue weighted by molar-refractivity contribution is -0.286. The van der Waals surface area contributed by atoms with Crippen LogP contribution in [0, 0.1) is 0 Å². The van der Waals surface area contributed by atoms with Crippen molar-refractivity contribution in [3.8, 4) is 17.2 Å². The first-order chi connectivity index (χ1) is 15.0. The number of fused-ring (bicyclic) bond motifs is 1. The fourth-order valence-corrected chi connectivity index (χ4v) is 3.43. The van der Waals surface area contributed by atoms with Crippen molar-refractivity contribution in [2.75, 3.05) is 25.0 Å². The smallest absolute Gasteiger partial charge is 0.395 e. The first-order valence-electron chi connectivity index (χ1n) is 9.65. The number of amides is 1.